The van der Waals surface area contributed by atoms with Crippen LogP contribution < -0.4 is 20.2 Å². The highest BCUT2D eigenvalue weighted by atomic mass is 32.1. The zero-order valence-electron chi connectivity index (χ0n) is 17.3. The van der Waals surface area contributed by atoms with Gasteiger partial charge in [0.15, 0.2) is 11.5 Å². The summed E-state index contributed by atoms with van der Waals surface area (Å²) in [5.41, 5.74) is 6.83. The molecule has 7 nitrogen and oxygen atoms in total. The summed E-state index contributed by atoms with van der Waals surface area (Å²) in [6, 6.07) is 12.3. The Balaban J connectivity index is 1.39. The van der Waals surface area contributed by atoms with Gasteiger partial charge in [0, 0.05) is 21.5 Å². The topological polar surface area (TPSA) is 89.0 Å². The van der Waals surface area contributed by atoms with E-state index in [1.165, 1.54) is 0 Å². The third-order valence-electron chi connectivity index (χ3n) is 5.05. The number of ether oxygens (including phenoxy) is 2. The van der Waals surface area contributed by atoms with Crippen LogP contribution in [0.25, 0.3) is 0 Å². The second-order valence-corrected chi connectivity index (χ2v) is 8.15. The predicted octanol–water partition coefficient (Wildman–Crippen LogP) is 4.50. The van der Waals surface area contributed by atoms with Crippen LogP contribution >= 0.6 is 11.3 Å². The molecule has 0 aliphatic carbocycles. The molecular weight excluding hydrogens is 414 g/mol. The molecule has 0 fully saturated rings. The number of hydrazone groups is 1. The summed E-state index contributed by atoms with van der Waals surface area (Å²) in [4.78, 5) is 25.9. The van der Waals surface area contributed by atoms with Crippen LogP contribution in [-0.2, 0) is 0 Å². The normalized spacial score (nSPS) is 12.5. The van der Waals surface area contributed by atoms with Gasteiger partial charge in [-0.15, -0.1) is 11.3 Å². The summed E-state index contributed by atoms with van der Waals surface area (Å²) in [5, 5.41) is 8.89. The van der Waals surface area contributed by atoms with E-state index < -0.39 is 0 Å². The SMILES string of the molecule is C/C(=N\NC(=O)c1csc(C)c1C)c1ccc(NC(=O)c2ccc3c(c2)OCO3)cc1. The van der Waals surface area contributed by atoms with Gasteiger partial charge < -0.3 is 14.8 Å². The Hall–Kier alpha value is -3.65. The zero-order valence-corrected chi connectivity index (χ0v) is 18.1. The average Bonchev–Trinajstić information content (AvgIpc) is 3.38. The average molecular weight is 436 g/mol. The van der Waals surface area contributed by atoms with Crippen molar-refractivity contribution in [1.82, 2.24) is 5.43 Å². The van der Waals surface area contributed by atoms with Crippen molar-refractivity contribution in [3.05, 3.63) is 75.0 Å². The molecule has 2 amide bonds. The Labute approximate surface area is 183 Å². The Bertz CT molecular complexity index is 1180. The molecule has 0 saturated heterocycles. The number of hydrogen-bond donors (Lipinski definition) is 2. The molecule has 3 aromatic rings. The van der Waals surface area contributed by atoms with E-state index in [1.807, 2.05) is 38.3 Å². The Morgan fingerprint density at radius 3 is 2.39 bits per heavy atom. The molecule has 1 aliphatic heterocycles. The summed E-state index contributed by atoms with van der Waals surface area (Å²) in [7, 11) is 0. The summed E-state index contributed by atoms with van der Waals surface area (Å²) in [5.74, 6) is 0.718. The quantitative estimate of drug-likeness (QED) is 0.456. The molecule has 4 rings (SSSR count). The fourth-order valence-corrected chi connectivity index (χ4v) is 3.90. The van der Waals surface area contributed by atoms with Crippen molar-refractivity contribution in [1.29, 1.82) is 0 Å². The first kappa shape index (κ1) is 20.6. The number of nitrogens with one attached hydrogen (secondary N) is 2. The highest BCUT2D eigenvalue weighted by Gasteiger charge is 2.16. The van der Waals surface area contributed by atoms with Crippen LogP contribution in [-0.4, -0.2) is 24.3 Å². The molecule has 0 radical (unpaired) electrons. The van der Waals surface area contributed by atoms with Crippen LogP contribution in [0, 0.1) is 13.8 Å². The number of anilines is 1. The van der Waals surface area contributed by atoms with Crippen molar-refractivity contribution in [2.45, 2.75) is 20.8 Å². The molecular formula is C23H21N3O4S. The molecule has 2 N–H and O–H groups in total. The van der Waals surface area contributed by atoms with Crippen molar-refractivity contribution >= 4 is 34.6 Å². The van der Waals surface area contributed by atoms with Crippen LogP contribution in [0.1, 0.15) is 43.6 Å². The number of nitrogens with zero attached hydrogens (tertiary/aromatic N) is 1. The molecule has 1 aromatic heterocycles. The second-order valence-electron chi connectivity index (χ2n) is 7.07. The van der Waals surface area contributed by atoms with E-state index in [1.54, 1.807) is 41.7 Å². The maximum atomic E-state index is 12.5. The van der Waals surface area contributed by atoms with Gasteiger partial charge in [0.25, 0.3) is 11.8 Å². The Morgan fingerprint density at radius 1 is 0.968 bits per heavy atom. The van der Waals surface area contributed by atoms with Crippen molar-refractivity contribution in [2.75, 3.05) is 12.1 Å². The number of benzene rings is 2. The third kappa shape index (κ3) is 4.44. The lowest BCUT2D eigenvalue weighted by molar-refractivity contribution is 0.0953. The van der Waals surface area contributed by atoms with Crippen molar-refractivity contribution in [3.8, 4) is 11.5 Å². The standard InChI is InChI=1S/C23H21N3O4S/c1-13-15(3)31-11-19(13)23(28)26-25-14(2)16-4-7-18(8-5-16)24-22(27)17-6-9-20-21(10-17)30-12-29-20/h4-11H,12H2,1-3H3,(H,24,27)(H,26,28)/b25-14+. The number of thiophene rings is 1. The second kappa shape index (κ2) is 8.61. The fourth-order valence-electron chi connectivity index (χ4n) is 3.03. The number of hydrogen-bond acceptors (Lipinski definition) is 6. The molecule has 0 spiro atoms. The van der Waals surface area contributed by atoms with E-state index in [2.05, 4.69) is 15.8 Å². The minimum Gasteiger partial charge on any atom is -0.454 e. The molecule has 158 valence electrons. The van der Waals surface area contributed by atoms with E-state index in [9.17, 15) is 9.59 Å². The highest BCUT2D eigenvalue weighted by molar-refractivity contribution is 7.10. The molecule has 2 aromatic carbocycles. The molecule has 2 heterocycles. The Kier molecular flexibility index (Phi) is 5.73. The van der Waals surface area contributed by atoms with Gasteiger partial charge in [-0.1, -0.05) is 12.1 Å². The third-order valence-corrected chi connectivity index (χ3v) is 6.06. The number of carbonyl (C=O) groups is 2. The van der Waals surface area contributed by atoms with Crippen LogP contribution in [0.4, 0.5) is 5.69 Å². The van der Waals surface area contributed by atoms with E-state index in [0.717, 1.165) is 16.0 Å². The number of fused-ring (bicyclic) bond motifs is 1. The number of rotatable bonds is 5. The molecule has 0 atom stereocenters. The van der Waals surface area contributed by atoms with Crippen LogP contribution in [0.5, 0.6) is 11.5 Å². The van der Waals surface area contributed by atoms with E-state index >= 15 is 0 Å². The molecule has 1 aliphatic rings. The van der Waals surface area contributed by atoms with Crippen LogP contribution in [0.2, 0.25) is 0 Å². The molecule has 0 saturated carbocycles. The summed E-state index contributed by atoms with van der Waals surface area (Å²) < 4.78 is 10.6. The maximum absolute atomic E-state index is 12.5. The minimum absolute atomic E-state index is 0.162. The van der Waals surface area contributed by atoms with Crippen LogP contribution in [0.3, 0.4) is 0 Å². The lowest BCUT2D eigenvalue weighted by Gasteiger charge is -2.08. The van der Waals surface area contributed by atoms with Gasteiger partial charge in [0.2, 0.25) is 6.79 Å². The van der Waals surface area contributed by atoms with Gasteiger partial charge in [-0.3, -0.25) is 9.59 Å². The molecule has 31 heavy (non-hydrogen) atoms. The first-order chi connectivity index (χ1) is 14.9. The smallest absolute Gasteiger partial charge is 0.272 e. The van der Waals surface area contributed by atoms with Gasteiger partial charge in [-0.05, 0) is 62.2 Å². The first-order valence-corrected chi connectivity index (χ1v) is 10.5. The van der Waals surface area contributed by atoms with Crippen molar-refractivity contribution < 1.29 is 19.1 Å². The largest absolute Gasteiger partial charge is 0.454 e. The minimum atomic E-state index is -0.245. The molecule has 0 bridgehead atoms. The predicted molar refractivity (Wildman–Crippen MR) is 120 cm³/mol. The lowest BCUT2D eigenvalue weighted by Crippen LogP contribution is -2.19. The lowest BCUT2D eigenvalue weighted by atomic mass is 10.1. The van der Waals surface area contributed by atoms with Crippen LogP contribution in [0.15, 0.2) is 52.9 Å². The summed E-state index contributed by atoms with van der Waals surface area (Å²) in [6.07, 6.45) is 0. The van der Waals surface area contributed by atoms with E-state index in [4.69, 9.17) is 9.47 Å². The van der Waals surface area contributed by atoms with Gasteiger partial charge in [0.1, 0.15) is 0 Å². The Morgan fingerprint density at radius 2 is 1.68 bits per heavy atom. The maximum Gasteiger partial charge on any atom is 0.272 e. The summed E-state index contributed by atoms with van der Waals surface area (Å²) >= 11 is 1.54. The van der Waals surface area contributed by atoms with Gasteiger partial charge in [-0.25, -0.2) is 5.43 Å². The van der Waals surface area contributed by atoms with Gasteiger partial charge >= 0.3 is 0 Å². The van der Waals surface area contributed by atoms with E-state index in [-0.39, 0.29) is 18.6 Å². The number of carbonyl (C=O) groups excluding carboxylic acids is 2. The summed E-state index contributed by atoms with van der Waals surface area (Å²) in [6.45, 7) is 5.88. The first-order valence-electron chi connectivity index (χ1n) is 9.63. The van der Waals surface area contributed by atoms with Gasteiger partial charge in [0.05, 0.1) is 11.3 Å². The molecule has 0 unspecified atom stereocenters. The number of amides is 2. The fraction of sp³-hybridized carbons (Fsp3) is 0.174. The van der Waals surface area contributed by atoms with Crippen molar-refractivity contribution in [2.24, 2.45) is 5.10 Å². The van der Waals surface area contributed by atoms with E-state index in [0.29, 0.717) is 34.0 Å². The highest BCUT2D eigenvalue weighted by Crippen LogP contribution is 2.32. The number of aryl methyl sites for hydroxylation is 1. The van der Waals surface area contributed by atoms with Gasteiger partial charge in [-0.2, -0.15) is 5.10 Å². The monoisotopic (exact) mass is 435 g/mol. The zero-order chi connectivity index (χ0) is 22.0. The van der Waals surface area contributed by atoms with Crippen molar-refractivity contribution in [3.63, 3.8) is 0 Å². The molecule has 8 heteroatoms.